The van der Waals surface area contributed by atoms with E-state index in [1.54, 1.807) is 29.2 Å². The van der Waals surface area contributed by atoms with Crippen LogP contribution in [0.4, 0.5) is 5.69 Å². The summed E-state index contributed by atoms with van der Waals surface area (Å²) in [5.74, 6) is -0.560. The highest BCUT2D eigenvalue weighted by molar-refractivity contribution is 6.05. The van der Waals surface area contributed by atoms with Gasteiger partial charge in [0.05, 0.1) is 0 Å². The van der Waals surface area contributed by atoms with Crippen molar-refractivity contribution in [2.75, 3.05) is 12.3 Å². The first kappa shape index (κ1) is 13.6. The molecule has 2 aliphatic heterocycles. The van der Waals surface area contributed by atoms with Crippen molar-refractivity contribution >= 4 is 23.3 Å². The average molecular weight is 287 g/mol. The van der Waals surface area contributed by atoms with Crippen LogP contribution in [0.1, 0.15) is 29.6 Å². The smallest absolute Gasteiger partial charge is 0.246 e. The zero-order valence-corrected chi connectivity index (χ0v) is 11.5. The van der Waals surface area contributed by atoms with Crippen molar-refractivity contribution < 1.29 is 14.4 Å². The number of para-hydroxylation sites is 1. The van der Waals surface area contributed by atoms with Gasteiger partial charge in [-0.2, -0.15) is 0 Å². The fourth-order valence-electron chi connectivity index (χ4n) is 3.02. The maximum absolute atomic E-state index is 12.3. The normalized spacial score (nSPS) is 24.7. The number of fused-ring (bicyclic) bond motifs is 1. The number of amides is 2. The zero-order valence-electron chi connectivity index (χ0n) is 11.5. The molecule has 6 heteroatoms. The van der Waals surface area contributed by atoms with Gasteiger partial charge in [0.15, 0.2) is 5.78 Å². The topological polar surface area (TPSA) is 92.5 Å². The number of benzene rings is 1. The van der Waals surface area contributed by atoms with E-state index in [0.717, 1.165) is 6.42 Å². The number of nitrogen functional groups attached to an aromatic ring is 1. The highest BCUT2D eigenvalue weighted by Gasteiger charge is 2.43. The molecule has 3 N–H and O–H groups in total. The van der Waals surface area contributed by atoms with Crippen molar-refractivity contribution in [3.8, 4) is 0 Å². The Kier molecular flexibility index (Phi) is 3.37. The van der Waals surface area contributed by atoms with Crippen LogP contribution in [0.3, 0.4) is 0 Å². The van der Waals surface area contributed by atoms with Crippen LogP contribution < -0.4 is 11.1 Å². The summed E-state index contributed by atoms with van der Waals surface area (Å²) in [6.07, 6.45) is 1.47. The van der Waals surface area contributed by atoms with Crippen molar-refractivity contribution in [1.82, 2.24) is 10.2 Å². The molecule has 0 saturated carbocycles. The molecule has 0 unspecified atom stereocenters. The van der Waals surface area contributed by atoms with E-state index in [9.17, 15) is 14.4 Å². The molecule has 0 aromatic heterocycles. The quantitative estimate of drug-likeness (QED) is 0.619. The van der Waals surface area contributed by atoms with E-state index in [-0.39, 0.29) is 30.1 Å². The maximum Gasteiger partial charge on any atom is 0.246 e. The summed E-state index contributed by atoms with van der Waals surface area (Å²) in [6, 6.07) is 5.61. The molecule has 0 bridgehead atoms. The van der Waals surface area contributed by atoms with E-state index in [2.05, 4.69) is 5.32 Å². The van der Waals surface area contributed by atoms with Gasteiger partial charge in [0.2, 0.25) is 11.8 Å². The second-order valence-electron chi connectivity index (χ2n) is 5.47. The molecule has 2 heterocycles. The lowest BCUT2D eigenvalue weighted by Gasteiger charge is -2.34. The van der Waals surface area contributed by atoms with Crippen LogP contribution in [0.5, 0.6) is 0 Å². The van der Waals surface area contributed by atoms with Crippen molar-refractivity contribution in [2.24, 2.45) is 0 Å². The molecule has 2 amide bonds. The first-order valence-corrected chi connectivity index (χ1v) is 7.06. The van der Waals surface area contributed by atoms with Crippen molar-refractivity contribution in [3.05, 3.63) is 29.8 Å². The van der Waals surface area contributed by atoms with Crippen LogP contribution in [-0.2, 0) is 9.59 Å². The molecule has 2 atom stereocenters. The molecule has 2 saturated heterocycles. The van der Waals surface area contributed by atoms with Gasteiger partial charge in [-0.25, -0.2) is 0 Å². The second kappa shape index (κ2) is 5.20. The Labute approximate surface area is 122 Å². The van der Waals surface area contributed by atoms with E-state index in [1.165, 1.54) is 0 Å². The average Bonchev–Trinajstić information content (AvgIpc) is 2.95. The number of carbonyl (C=O) groups excluding carboxylic acids is 3. The number of ketones is 1. The molecule has 0 aliphatic carbocycles. The minimum atomic E-state index is -0.779. The number of nitrogens with zero attached hydrogens (tertiary/aromatic N) is 1. The zero-order chi connectivity index (χ0) is 15.0. The number of Topliss-reactive ketones (excluding diaryl/α,β-unsaturated/α-hetero) is 1. The number of carbonyl (C=O) groups is 3. The molecule has 21 heavy (non-hydrogen) atoms. The third-order valence-corrected chi connectivity index (χ3v) is 4.10. The number of nitrogens with two attached hydrogens (primary N) is 1. The van der Waals surface area contributed by atoms with Gasteiger partial charge in [-0.05, 0) is 25.0 Å². The molecule has 110 valence electrons. The summed E-state index contributed by atoms with van der Waals surface area (Å²) in [5, 5.41) is 2.67. The van der Waals surface area contributed by atoms with Gasteiger partial charge >= 0.3 is 0 Å². The summed E-state index contributed by atoms with van der Waals surface area (Å²) in [6.45, 7) is 0.592. The lowest BCUT2D eigenvalue weighted by Crippen LogP contribution is -2.61. The molecule has 3 rings (SSSR count). The molecular weight excluding hydrogens is 270 g/mol. The van der Waals surface area contributed by atoms with Gasteiger partial charge in [-0.15, -0.1) is 0 Å². The Morgan fingerprint density at radius 1 is 1.33 bits per heavy atom. The van der Waals surface area contributed by atoms with Gasteiger partial charge in [-0.3, -0.25) is 14.4 Å². The minimum absolute atomic E-state index is 0.0536. The third kappa shape index (κ3) is 2.37. The Morgan fingerprint density at radius 2 is 2.10 bits per heavy atom. The minimum Gasteiger partial charge on any atom is -0.398 e. The van der Waals surface area contributed by atoms with Crippen LogP contribution in [0.2, 0.25) is 0 Å². The number of hydrogen-bond donors (Lipinski definition) is 2. The SMILES string of the molecule is Nc1ccccc1C(=O)C[C@H]1NC(=O)[C@H]2CCCN2C1=O. The highest BCUT2D eigenvalue weighted by Crippen LogP contribution is 2.24. The fraction of sp³-hybridized carbons (Fsp3) is 0.400. The van der Waals surface area contributed by atoms with E-state index < -0.39 is 6.04 Å². The van der Waals surface area contributed by atoms with Crippen molar-refractivity contribution in [3.63, 3.8) is 0 Å². The lowest BCUT2D eigenvalue weighted by molar-refractivity contribution is -0.146. The van der Waals surface area contributed by atoms with Crippen LogP contribution in [0.25, 0.3) is 0 Å². The Hall–Kier alpha value is -2.37. The molecule has 2 fully saturated rings. The summed E-state index contributed by atoms with van der Waals surface area (Å²) < 4.78 is 0. The van der Waals surface area contributed by atoms with Crippen molar-refractivity contribution in [1.29, 1.82) is 0 Å². The highest BCUT2D eigenvalue weighted by atomic mass is 16.2. The molecule has 2 aliphatic rings. The van der Waals surface area contributed by atoms with Crippen LogP contribution in [-0.4, -0.2) is 41.1 Å². The van der Waals surface area contributed by atoms with Gasteiger partial charge in [0.1, 0.15) is 12.1 Å². The van der Waals surface area contributed by atoms with Crippen LogP contribution in [0.15, 0.2) is 24.3 Å². The first-order chi connectivity index (χ1) is 10.1. The fourth-order valence-corrected chi connectivity index (χ4v) is 3.02. The first-order valence-electron chi connectivity index (χ1n) is 7.06. The van der Waals surface area contributed by atoms with E-state index in [0.29, 0.717) is 24.2 Å². The molecular formula is C15H17N3O3. The lowest BCUT2D eigenvalue weighted by atomic mass is 9.99. The van der Waals surface area contributed by atoms with E-state index in [1.807, 2.05) is 0 Å². The van der Waals surface area contributed by atoms with E-state index >= 15 is 0 Å². The Bertz CT molecular complexity index is 614. The van der Waals surface area contributed by atoms with Gasteiger partial charge < -0.3 is 16.0 Å². The Morgan fingerprint density at radius 3 is 2.86 bits per heavy atom. The monoisotopic (exact) mass is 287 g/mol. The van der Waals surface area contributed by atoms with E-state index in [4.69, 9.17) is 5.73 Å². The van der Waals surface area contributed by atoms with Gasteiger partial charge in [0.25, 0.3) is 0 Å². The number of piperazine rings is 1. The predicted molar refractivity (Wildman–Crippen MR) is 76.5 cm³/mol. The number of anilines is 1. The number of hydrogen-bond acceptors (Lipinski definition) is 4. The molecule has 6 nitrogen and oxygen atoms in total. The number of rotatable bonds is 3. The van der Waals surface area contributed by atoms with Gasteiger partial charge in [-0.1, -0.05) is 12.1 Å². The van der Waals surface area contributed by atoms with Crippen LogP contribution in [0, 0.1) is 0 Å². The third-order valence-electron chi connectivity index (χ3n) is 4.10. The van der Waals surface area contributed by atoms with Gasteiger partial charge in [0, 0.05) is 24.2 Å². The summed E-state index contributed by atoms with van der Waals surface area (Å²) in [5.41, 5.74) is 6.55. The summed E-state index contributed by atoms with van der Waals surface area (Å²) >= 11 is 0. The largest absolute Gasteiger partial charge is 0.398 e. The maximum atomic E-state index is 12.3. The molecule has 0 radical (unpaired) electrons. The predicted octanol–water partition coefficient (Wildman–Crippen LogP) is 0.331. The standard InChI is InChI=1S/C15H17N3O3/c16-10-5-2-1-4-9(10)13(19)8-11-15(21)18-7-3-6-12(18)14(20)17-11/h1-2,4-5,11-12H,3,6-8,16H2,(H,17,20)/t11-,12-/m1/s1. The molecule has 1 aromatic carbocycles. The summed E-state index contributed by atoms with van der Waals surface area (Å²) in [7, 11) is 0. The van der Waals surface area contributed by atoms with Crippen molar-refractivity contribution in [2.45, 2.75) is 31.3 Å². The molecule has 1 aromatic rings. The van der Waals surface area contributed by atoms with Crippen LogP contribution >= 0.6 is 0 Å². The number of nitrogens with one attached hydrogen (secondary N) is 1. The Balaban J connectivity index is 1.76. The molecule has 0 spiro atoms. The second-order valence-corrected chi connectivity index (χ2v) is 5.47. The summed E-state index contributed by atoms with van der Waals surface area (Å²) in [4.78, 5) is 38.2.